The maximum Gasteiger partial charge on any atom is 0.146 e. The molecule has 1 rings (SSSR count). The Morgan fingerprint density at radius 3 is 2.69 bits per heavy atom. The first kappa shape index (κ1) is 9.95. The van der Waals surface area contributed by atoms with E-state index in [9.17, 15) is 4.39 Å². The number of aliphatic hydroxyl groups excluding tert-OH is 1. The van der Waals surface area contributed by atoms with Gasteiger partial charge in [-0.3, -0.25) is 0 Å². The van der Waals surface area contributed by atoms with Gasteiger partial charge in [-0.25, -0.2) is 4.39 Å². The third kappa shape index (κ3) is 2.40. The molecule has 1 aromatic rings. The highest BCUT2D eigenvalue weighted by molar-refractivity contribution is 5.43. The summed E-state index contributed by atoms with van der Waals surface area (Å²) < 4.78 is 12.7. The molecule has 0 fully saturated rings. The first-order valence-corrected chi connectivity index (χ1v) is 4.06. The second kappa shape index (κ2) is 4.20. The van der Waals surface area contributed by atoms with E-state index in [0.717, 1.165) is 5.56 Å². The molecule has 0 aliphatic carbocycles. The van der Waals surface area contributed by atoms with Crippen LogP contribution < -0.4 is 11.5 Å². The number of benzene rings is 1. The van der Waals surface area contributed by atoms with Crippen molar-refractivity contribution in [3.63, 3.8) is 0 Å². The third-order valence-electron chi connectivity index (χ3n) is 1.89. The van der Waals surface area contributed by atoms with Gasteiger partial charge in [-0.15, -0.1) is 0 Å². The molecule has 1 aromatic carbocycles. The minimum atomic E-state index is -0.444. The van der Waals surface area contributed by atoms with Gasteiger partial charge in [-0.2, -0.15) is 0 Å². The summed E-state index contributed by atoms with van der Waals surface area (Å²) in [6.07, 6.45) is 0.449. The van der Waals surface area contributed by atoms with Crippen LogP contribution in [0.4, 0.5) is 10.1 Å². The second-order valence-corrected chi connectivity index (χ2v) is 2.90. The second-order valence-electron chi connectivity index (χ2n) is 2.90. The fraction of sp³-hybridized carbons (Fsp3) is 0.333. The van der Waals surface area contributed by atoms with Crippen molar-refractivity contribution < 1.29 is 9.50 Å². The lowest BCUT2D eigenvalue weighted by Crippen LogP contribution is -2.12. The van der Waals surface area contributed by atoms with Crippen LogP contribution in [0.5, 0.6) is 0 Å². The van der Waals surface area contributed by atoms with Crippen LogP contribution >= 0.6 is 0 Å². The highest BCUT2D eigenvalue weighted by atomic mass is 19.1. The Bertz CT molecular complexity index is 291. The Kier molecular flexibility index (Phi) is 3.22. The molecule has 1 atom stereocenters. The topological polar surface area (TPSA) is 72.3 Å². The van der Waals surface area contributed by atoms with E-state index in [2.05, 4.69) is 0 Å². The van der Waals surface area contributed by atoms with Crippen LogP contribution in [0.2, 0.25) is 0 Å². The van der Waals surface area contributed by atoms with E-state index in [1.54, 1.807) is 6.07 Å². The van der Waals surface area contributed by atoms with Gasteiger partial charge in [0.2, 0.25) is 0 Å². The number of nitrogens with two attached hydrogens (primary N) is 2. The normalized spacial score (nSPS) is 12.8. The molecule has 0 heterocycles. The van der Waals surface area contributed by atoms with Crippen molar-refractivity contribution in [3.05, 3.63) is 29.6 Å². The van der Waals surface area contributed by atoms with Gasteiger partial charge in [0.25, 0.3) is 0 Å². The number of nitrogen functional groups attached to an aromatic ring is 1. The molecular weight excluding hydrogens is 171 g/mol. The summed E-state index contributed by atoms with van der Waals surface area (Å²) in [7, 11) is 0. The largest absolute Gasteiger partial charge is 0.396 e. The van der Waals surface area contributed by atoms with Crippen molar-refractivity contribution in [2.75, 3.05) is 12.3 Å². The maximum absolute atomic E-state index is 12.7. The number of anilines is 1. The fourth-order valence-electron chi connectivity index (χ4n) is 1.10. The molecule has 0 aliphatic heterocycles. The molecule has 0 saturated carbocycles. The van der Waals surface area contributed by atoms with Crippen LogP contribution in [0.25, 0.3) is 0 Å². The van der Waals surface area contributed by atoms with Crippen LogP contribution in [0.3, 0.4) is 0 Å². The van der Waals surface area contributed by atoms with E-state index in [1.807, 2.05) is 0 Å². The Hall–Kier alpha value is -1.13. The molecular formula is C9H13FN2O. The zero-order valence-electron chi connectivity index (χ0n) is 7.20. The molecule has 0 aliphatic rings. The van der Waals surface area contributed by atoms with Crippen molar-refractivity contribution >= 4 is 5.69 Å². The molecule has 3 nitrogen and oxygen atoms in total. The molecule has 0 amide bonds. The van der Waals surface area contributed by atoms with E-state index < -0.39 is 5.82 Å². The Morgan fingerprint density at radius 2 is 2.15 bits per heavy atom. The van der Waals surface area contributed by atoms with Crippen molar-refractivity contribution in [2.45, 2.75) is 12.5 Å². The first-order chi connectivity index (χ1) is 6.15. The van der Waals surface area contributed by atoms with Gasteiger partial charge in [-0.1, -0.05) is 6.07 Å². The SMILES string of the molecule is Nc1cc([C@@H](N)CCO)ccc1F. The van der Waals surface area contributed by atoms with E-state index in [4.69, 9.17) is 16.6 Å². The Morgan fingerprint density at radius 1 is 1.46 bits per heavy atom. The lowest BCUT2D eigenvalue weighted by Gasteiger charge is -2.10. The summed E-state index contributed by atoms with van der Waals surface area (Å²) in [5, 5.41) is 8.64. The lowest BCUT2D eigenvalue weighted by molar-refractivity contribution is 0.276. The minimum absolute atomic E-state index is 0.0123. The fourth-order valence-corrected chi connectivity index (χ4v) is 1.10. The van der Waals surface area contributed by atoms with Gasteiger partial charge in [0.1, 0.15) is 5.82 Å². The van der Waals surface area contributed by atoms with Crippen molar-refractivity contribution in [3.8, 4) is 0 Å². The highest BCUT2D eigenvalue weighted by Crippen LogP contribution is 2.18. The molecule has 72 valence electrons. The quantitative estimate of drug-likeness (QED) is 0.608. The van der Waals surface area contributed by atoms with E-state index in [0.29, 0.717) is 6.42 Å². The van der Waals surface area contributed by atoms with Gasteiger partial charge >= 0.3 is 0 Å². The smallest absolute Gasteiger partial charge is 0.146 e. The molecule has 0 saturated heterocycles. The number of aliphatic hydroxyl groups is 1. The standard InChI is InChI=1S/C9H13FN2O/c10-7-2-1-6(5-9(7)12)8(11)3-4-13/h1-2,5,8,13H,3-4,11-12H2/t8-/m0/s1. The predicted octanol–water partition coefficient (Wildman–Crippen LogP) is 0.790. The molecule has 13 heavy (non-hydrogen) atoms. The average molecular weight is 184 g/mol. The van der Waals surface area contributed by atoms with Gasteiger partial charge in [0.05, 0.1) is 5.69 Å². The minimum Gasteiger partial charge on any atom is -0.396 e. The summed E-state index contributed by atoms with van der Waals surface area (Å²) in [4.78, 5) is 0. The summed E-state index contributed by atoms with van der Waals surface area (Å²) in [5.41, 5.74) is 11.9. The van der Waals surface area contributed by atoms with E-state index >= 15 is 0 Å². The molecule has 0 unspecified atom stereocenters. The summed E-state index contributed by atoms with van der Waals surface area (Å²) in [5.74, 6) is -0.444. The lowest BCUT2D eigenvalue weighted by atomic mass is 10.0. The average Bonchev–Trinajstić information content (AvgIpc) is 2.10. The number of rotatable bonds is 3. The molecule has 4 heteroatoms. The van der Waals surface area contributed by atoms with Crippen molar-refractivity contribution in [1.82, 2.24) is 0 Å². The zero-order valence-corrected chi connectivity index (χ0v) is 7.20. The van der Waals surface area contributed by atoms with Gasteiger partial charge in [0, 0.05) is 12.6 Å². The summed E-state index contributed by atoms with van der Waals surface area (Å²) >= 11 is 0. The monoisotopic (exact) mass is 184 g/mol. The first-order valence-electron chi connectivity index (χ1n) is 4.06. The van der Waals surface area contributed by atoms with Crippen LogP contribution in [-0.2, 0) is 0 Å². The predicted molar refractivity (Wildman–Crippen MR) is 49.4 cm³/mol. The van der Waals surface area contributed by atoms with Crippen LogP contribution in [0.15, 0.2) is 18.2 Å². The summed E-state index contributed by atoms with van der Waals surface area (Å²) in [6, 6.07) is 4.07. The van der Waals surface area contributed by atoms with Crippen LogP contribution in [0.1, 0.15) is 18.0 Å². The molecule has 0 spiro atoms. The van der Waals surface area contributed by atoms with Crippen LogP contribution in [0, 0.1) is 5.82 Å². The Labute approximate surface area is 76.2 Å². The Balaban J connectivity index is 2.84. The molecule has 5 N–H and O–H groups in total. The van der Waals surface area contributed by atoms with Crippen molar-refractivity contribution in [1.29, 1.82) is 0 Å². The highest BCUT2D eigenvalue weighted by Gasteiger charge is 2.07. The third-order valence-corrected chi connectivity index (χ3v) is 1.89. The zero-order chi connectivity index (χ0) is 9.84. The van der Waals surface area contributed by atoms with Gasteiger partial charge < -0.3 is 16.6 Å². The maximum atomic E-state index is 12.7. The number of halogens is 1. The van der Waals surface area contributed by atoms with Crippen molar-refractivity contribution in [2.24, 2.45) is 5.73 Å². The molecule has 0 radical (unpaired) electrons. The van der Waals surface area contributed by atoms with Gasteiger partial charge in [-0.05, 0) is 24.1 Å². The van der Waals surface area contributed by atoms with Gasteiger partial charge in [0.15, 0.2) is 0 Å². The molecule has 0 aromatic heterocycles. The van der Waals surface area contributed by atoms with E-state index in [-0.39, 0.29) is 18.3 Å². The van der Waals surface area contributed by atoms with E-state index in [1.165, 1.54) is 12.1 Å². The van der Waals surface area contributed by atoms with Crippen LogP contribution in [-0.4, -0.2) is 11.7 Å². The summed E-state index contributed by atoms with van der Waals surface area (Å²) in [6.45, 7) is 0.0123. The number of hydrogen-bond acceptors (Lipinski definition) is 3. The number of hydrogen-bond donors (Lipinski definition) is 3. The molecule has 0 bridgehead atoms.